The van der Waals surface area contributed by atoms with Crippen LogP contribution in [0.25, 0.3) is 0 Å². The Kier molecular flexibility index (Phi) is 10.2. The van der Waals surface area contributed by atoms with Crippen LogP contribution in [0.5, 0.6) is 0 Å². The van der Waals surface area contributed by atoms with Crippen LogP contribution < -0.4 is 5.73 Å². The maximum atomic E-state index is 12.5. The third-order valence-electron chi connectivity index (χ3n) is 4.65. The second-order valence-corrected chi connectivity index (χ2v) is 7.26. The van der Waals surface area contributed by atoms with Gasteiger partial charge in [0.25, 0.3) is 5.91 Å². The number of morpholine rings is 1. The van der Waals surface area contributed by atoms with Crippen molar-refractivity contribution in [1.82, 2.24) is 14.8 Å². The molecule has 2 saturated heterocycles. The molecule has 0 atom stereocenters. The molecule has 2 aliphatic rings. The fourth-order valence-electron chi connectivity index (χ4n) is 3.28. The summed E-state index contributed by atoms with van der Waals surface area (Å²) in [5.74, 6) is 0.773. The number of likely N-dealkylation sites (tertiary alicyclic amines) is 1. The number of nitrogens with zero attached hydrogens (tertiary/aromatic N) is 3. The van der Waals surface area contributed by atoms with Crippen LogP contribution >= 0.6 is 36.2 Å². The van der Waals surface area contributed by atoms with Gasteiger partial charge in [0.1, 0.15) is 5.69 Å². The van der Waals surface area contributed by atoms with E-state index in [1.165, 1.54) is 11.3 Å². The molecule has 1 aromatic heterocycles. The lowest BCUT2D eigenvalue weighted by molar-refractivity contribution is 0.0242. The summed E-state index contributed by atoms with van der Waals surface area (Å²) in [4.78, 5) is 21.4. The molecule has 25 heavy (non-hydrogen) atoms. The van der Waals surface area contributed by atoms with Gasteiger partial charge in [-0.15, -0.1) is 36.2 Å². The van der Waals surface area contributed by atoms with Crippen molar-refractivity contribution in [2.75, 3.05) is 52.5 Å². The first-order valence-electron chi connectivity index (χ1n) is 8.50. The third-order valence-corrected chi connectivity index (χ3v) is 5.56. The Labute approximate surface area is 165 Å². The highest BCUT2D eigenvalue weighted by Gasteiger charge is 2.26. The summed E-state index contributed by atoms with van der Waals surface area (Å²) >= 11 is 1.53. The van der Waals surface area contributed by atoms with Crippen molar-refractivity contribution in [3.63, 3.8) is 0 Å². The second kappa shape index (κ2) is 11.3. The van der Waals surface area contributed by atoms with Gasteiger partial charge in [-0.3, -0.25) is 9.69 Å². The summed E-state index contributed by atoms with van der Waals surface area (Å²) in [7, 11) is 0. The molecule has 0 spiro atoms. The minimum absolute atomic E-state index is 0. The van der Waals surface area contributed by atoms with Crippen LogP contribution in [0.15, 0.2) is 5.38 Å². The van der Waals surface area contributed by atoms with Gasteiger partial charge in [0.2, 0.25) is 0 Å². The first-order valence-corrected chi connectivity index (χ1v) is 9.38. The highest BCUT2D eigenvalue weighted by molar-refractivity contribution is 7.09. The fraction of sp³-hybridized carbons (Fsp3) is 0.750. The Morgan fingerprint density at radius 2 is 1.92 bits per heavy atom. The molecule has 0 saturated carbocycles. The summed E-state index contributed by atoms with van der Waals surface area (Å²) in [6.45, 7) is 7.20. The average molecular weight is 411 g/mol. The lowest BCUT2D eigenvalue weighted by atomic mass is 9.96. The van der Waals surface area contributed by atoms with Crippen LogP contribution in [0, 0.1) is 5.92 Å². The molecular weight excluding hydrogens is 383 g/mol. The van der Waals surface area contributed by atoms with E-state index >= 15 is 0 Å². The number of nitrogens with two attached hydrogens (primary N) is 1. The second-order valence-electron chi connectivity index (χ2n) is 6.31. The number of rotatable bonds is 5. The van der Waals surface area contributed by atoms with Crippen LogP contribution in [-0.4, -0.2) is 73.2 Å². The van der Waals surface area contributed by atoms with Crippen LogP contribution in [0.2, 0.25) is 0 Å². The van der Waals surface area contributed by atoms with Crippen molar-refractivity contribution >= 4 is 42.1 Å². The molecule has 144 valence electrons. The SMILES string of the molecule is Cl.Cl.NCCc1nc(C(=O)N2CCC(CN3CCOCC3)CC2)cs1. The number of carbonyl (C=O) groups excluding carboxylic acids is 1. The fourth-order valence-corrected chi connectivity index (χ4v) is 4.06. The molecule has 0 unspecified atom stereocenters. The first kappa shape index (κ1) is 22.6. The molecule has 0 aliphatic carbocycles. The van der Waals surface area contributed by atoms with E-state index in [0.717, 1.165) is 70.2 Å². The minimum Gasteiger partial charge on any atom is -0.379 e. The van der Waals surface area contributed by atoms with Crippen LogP contribution in [0.4, 0.5) is 0 Å². The molecule has 0 bridgehead atoms. The molecular formula is C16H28Cl2N4O2S. The quantitative estimate of drug-likeness (QED) is 0.798. The Hall–Kier alpha value is -0.440. The van der Waals surface area contributed by atoms with Crippen molar-refractivity contribution in [1.29, 1.82) is 0 Å². The van der Waals surface area contributed by atoms with E-state index in [9.17, 15) is 4.79 Å². The standard InChI is InChI=1S/C16H26N4O2S.2ClH/c17-4-1-15-18-14(12-23-15)16(21)20-5-2-13(3-6-20)11-19-7-9-22-10-8-19;;/h12-13H,1-11,17H2;2*1H. The number of halogens is 2. The van der Waals surface area contributed by atoms with Gasteiger partial charge in [0.05, 0.1) is 18.2 Å². The maximum Gasteiger partial charge on any atom is 0.273 e. The van der Waals surface area contributed by atoms with E-state index < -0.39 is 0 Å². The lowest BCUT2D eigenvalue weighted by Gasteiger charge is -2.35. The van der Waals surface area contributed by atoms with Gasteiger partial charge in [-0.25, -0.2) is 4.98 Å². The number of amides is 1. The lowest BCUT2D eigenvalue weighted by Crippen LogP contribution is -2.44. The Bertz CT molecular complexity index is 518. The molecule has 0 radical (unpaired) electrons. The van der Waals surface area contributed by atoms with Crippen LogP contribution in [0.3, 0.4) is 0 Å². The molecule has 2 fully saturated rings. The Morgan fingerprint density at radius 1 is 1.24 bits per heavy atom. The van der Waals surface area contributed by atoms with E-state index in [-0.39, 0.29) is 30.7 Å². The summed E-state index contributed by atoms with van der Waals surface area (Å²) < 4.78 is 5.40. The molecule has 3 heterocycles. The topological polar surface area (TPSA) is 71.7 Å². The zero-order chi connectivity index (χ0) is 16.1. The van der Waals surface area contributed by atoms with Gasteiger partial charge in [-0.1, -0.05) is 0 Å². The first-order chi connectivity index (χ1) is 11.3. The van der Waals surface area contributed by atoms with Crippen molar-refractivity contribution in [3.8, 4) is 0 Å². The predicted octanol–water partition coefficient (Wildman–Crippen LogP) is 1.67. The molecule has 3 rings (SSSR count). The smallest absolute Gasteiger partial charge is 0.273 e. The number of hydrogen-bond acceptors (Lipinski definition) is 6. The number of piperidine rings is 1. The number of aromatic nitrogens is 1. The van der Waals surface area contributed by atoms with Gasteiger partial charge in [-0.2, -0.15) is 0 Å². The van der Waals surface area contributed by atoms with Gasteiger partial charge in [0, 0.05) is 44.5 Å². The number of thiazole rings is 1. The maximum absolute atomic E-state index is 12.5. The monoisotopic (exact) mass is 410 g/mol. The predicted molar refractivity (Wildman–Crippen MR) is 105 cm³/mol. The van der Waals surface area contributed by atoms with Crippen molar-refractivity contribution in [3.05, 3.63) is 16.1 Å². The molecule has 9 heteroatoms. The molecule has 2 N–H and O–H groups in total. The molecule has 1 amide bonds. The Balaban J connectivity index is 0.00000156. The van der Waals surface area contributed by atoms with E-state index in [2.05, 4.69) is 9.88 Å². The number of ether oxygens (including phenoxy) is 1. The van der Waals surface area contributed by atoms with Crippen molar-refractivity contribution < 1.29 is 9.53 Å². The largest absolute Gasteiger partial charge is 0.379 e. The normalized spacial score (nSPS) is 19.2. The van der Waals surface area contributed by atoms with E-state index in [0.29, 0.717) is 18.2 Å². The van der Waals surface area contributed by atoms with Gasteiger partial charge >= 0.3 is 0 Å². The summed E-state index contributed by atoms with van der Waals surface area (Å²) in [5, 5.41) is 2.82. The van der Waals surface area contributed by atoms with Crippen LogP contribution in [-0.2, 0) is 11.2 Å². The minimum atomic E-state index is 0. The highest BCUT2D eigenvalue weighted by Crippen LogP contribution is 2.21. The molecule has 1 aromatic rings. The zero-order valence-corrected chi connectivity index (χ0v) is 16.8. The van der Waals surface area contributed by atoms with Crippen molar-refractivity contribution in [2.24, 2.45) is 11.7 Å². The average Bonchev–Trinajstić information content (AvgIpc) is 3.05. The van der Waals surface area contributed by atoms with Crippen LogP contribution in [0.1, 0.15) is 28.3 Å². The van der Waals surface area contributed by atoms with Gasteiger partial charge < -0.3 is 15.4 Å². The van der Waals surface area contributed by atoms with E-state index in [4.69, 9.17) is 10.5 Å². The summed E-state index contributed by atoms with van der Waals surface area (Å²) in [5.41, 5.74) is 6.13. The van der Waals surface area contributed by atoms with Gasteiger partial charge in [0.15, 0.2) is 0 Å². The Morgan fingerprint density at radius 3 is 2.56 bits per heavy atom. The summed E-state index contributed by atoms with van der Waals surface area (Å²) in [6, 6.07) is 0. The third kappa shape index (κ3) is 6.34. The van der Waals surface area contributed by atoms with E-state index in [1.807, 2.05) is 10.3 Å². The van der Waals surface area contributed by atoms with Gasteiger partial charge in [-0.05, 0) is 25.3 Å². The zero-order valence-electron chi connectivity index (χ0n) is 14.4. The van der Waals surface area contributed by atoms with E-state index in [1.54, 1.807) is 0 Å². The number of hydrogen-bond donors (Lipinski definition) is 1. The van der Waals surface area contributed by atoms with Crippen molar-refractivity contribution in [2.45, 2.75) is 19.3 Å². The highest BCUT2D eigenvalue weighted by atomic mass is 35.5. The molecule has 6 nitrogen and oxygen atoms in total. The molecule has 2 aliphatic heterocycles. The summed E-state index contributed by atoms with van der Waals surface area (Å²) in [6.07, 6.45) is 2.92. The molecule has 0 aromatic carbocycles. The number of carbonyl (C=O) groups is 1.